The van der Waals surface area contributed by atoms with Crippen molar-refractivity contribution in [2.75, 3.05) is 6.61 Å². The molecule has 1 aromatic carbocycles. The van der Waals surface area contributed by atoms with Crippen molar-refractivity contribution in [3.8, 4) is 17.1 Å². The van der Waals surface area contributed by atoms with Gasteiger partial charge < -0.3 is 15.0 Å². The van der Waals surface area contributed by atoms with Gasteiger partial charge in [-0.15, -0.1) is 0 Å². The van der Waals surface area contributed by atoms with Crippen LogP contribution in [0.3, 0.4) is 0 Å². The SMILES string of the molecule is CCOc1ccc(-c2cc(CN)no2)cc1. The Morgan fingerprint density at radius 3 is 2.62 bits per heavy atom. The monoisotopic (exact) mass is 218 g/mol. The van der Waals surface area contributed by atoms with Crippen LogP contribution in [-0.4, -0.2) is 11.8 Å². The van der Waals surface area contributed by atoms with E-state index in [4.69, 9.17) is 15.0 Å². The standard InChI is InChI=1S/C12H14N2O2/c1-2-15-11-5-3-9(4-6-11)12-7-10(8-13)14-16-12/h3-7H,2,8,13H2,1H3. The van der Waals surface area contributed by atoms with E-state index in [0.717, 1.165) is 22.8 Å². The third kappa shape index (κ3) is 2.23. The Morgan fingerprint density at radius 2 is 2.06 bits per heavy atom. The van der Waals surface area contributed by atoms with Gasteiger partial charge in [0.1, 0.15) is 5.75 Å². The van der Waals surface area contributed by atoms with Crippen molar-refractivity contribution in [2.24, 2.45) is 5.73 Å². The van der Waals surface area contributed by atoms with Crippen LogP contribution >= 0.6 is 0 Å². The molecule has 4 heteroatoms. The van der Waals surface area contributed by atoms with Gasteiger partial charge in [0, 0.05) is 18.2 Å². The maximum absolute atomic E-state index is 5.46. The quantitative estimate of drug-likeness (QED) is 0.854. The third-order valence-electron chi connectivity index (χ3n) is 2.22. The second-order valence-corrected chi connectivity index (χ2v) is 3.34. The summed E-state index contributed by atoms with van der Waals surface area (Å²) in [6.45, 7) is 3.01. The zero-order valence-electron chi connectivity index (χ0n) is 9.14. The van der Waals surface area contributed by atoms with E-state index in [1.807, 2.05) is 37.3 Å². The molecule has 0 aliphatic carbocycles. The maximum atomic E-state index is 5.46. The van der Waals surface area contributed by atoms with E-state index in [1.54, 1.807) is 0 Å². The Morgan fingerprint density at radius 1 is 1.31 bits per heavy atom. The smallest absolute Gasteiger partial charge is 0.167 e. The summed E-state index contributed by atoms with van der Waals surface area (Å²) in [7, 11) is 0. The summed E-state index contributed by atoms with van der Waals surface area (Å²) in [4.78, 5) is 0. The minimum absolute atomic E-state index is 0.389. The highest BCUT2D eigenvalue weighted by atomic mass is 16.5. The lowest BCUT2D eigenvalue weighted by molar-refractivity contribution is 0.340. The molecule has 0 unspecified atom stereocenters. The Balaban J connectivity index is 2.20. The first-order chi connectivity index (χ1) is 7.83. The third-order valence-corrected chi connectivity index (χ3v) is 2.22. The number of nitrogens with zero attached hydrogens (tertiary/aromatic N) is 1. The molecular weight excluding hydrogens is 204 g/mol. The average Bonchev–Trinajstić information content (AvgIpc) is 2.79. The molecule has 0 aliphatic rings. The lowest BCUT2D eigenvalue weighted by Crippen LogP contribution is -1.94. The lowest BCUT2D eigenvalue weighted by Gasteiger charge is -2.02. The first kappa shape index (κ1) is 10.7. The van der Waals surface area contributed by atoms with E-state index < -0.39 is 0 Å². The fraction of sp³-hybridized carbons (Fsp3) is 0.250. The van der Waals surface area contributed by atoms with Crippen molar-refractivity contribution < 1.29 is 9.26 Å². The Kier molecular flexibility index (Phi) is 3.22. The topological polar surface area (TPSA) is 61.3 Å². The zero-order chi connectivity index (χ0) is 11.4. The number of ether oxygens (including phenoxy) is 1. The Labute approximate surface area is 94.0 Å². The molecule has 0 spiro atoms. The average molecular weight is 218 g/mol. The van der Waals surface area contributed by atoms with Gasteiger partial charge in [-0.3, -0.25) is 0 Å². The van der Waals surface area contributed by atoms with Gasteiger partial charge >= 0.3 is 0 Å². The molecule has 0 amide bonds. The number of rotatable bonds is 4. The molecule has 1 aromatic heterocycles. The van der Waals surface area contributed by atoms with Gasteiger partial charge in [-0.1, -0.05) is 5.16 Å². The highest BCUT2D eigenvalue weighted by Gasteiger charge is 2.05. The van der Waals surface area contributed by atoms with Gasteiger partial charge in [-0.25, -0.2) is 0 Å². The molecule has 0 radical (unpaired) electrons. The number of hydrogen-bond donors (Lipinski definition) is 1. The van der Waals surface area contributed by atoms with E-state index in [0.29, 0.717) is 13.2 Å². The molecule has 84 valence electrons. The normalized spacial score (nSPS) is 10.4. The van der Waals surface area contributed by atoms with E-state index in [-0.39, 0.29) is 0 Å². The van der Waals surface area contributed by atoms with Crippen LogP contribution in [0.2, 0.25) is 0 Å². The molecule has 0 atom stereocenters. The minimum atomic E-state index is 0.389. The Hall–Kier alpha value is -1.81. The predicted molar refractivity (Wildman–Crippen MR) is 61.0 cm³/mol. The van der Waals surface area contributed by atoms with Crippen LogP contribution in [0.25, 0.3) is 11.3 Å². The summed E-state index contributed by atoms with van der Waals surface area (Å²) in [5, 5.41) is 3.84. The molecular formula is C12H14N2O2. The van der Waals surface area contributed by atoms with Gasteiger partial charge in [0.15, 0.2) is 5.76 Å². The maximum Gasteiger partial charge on any atom is 0.167 e. The number of benzene rings is 1. The fourth-order valence-electron chi connectivity index (χ4n) is 1.43. The van der Waals surface area contributed by atoms with Gasteiger partial charge in [0.05, 0.1) is 12.3 Å². The zero-order valence-corrected chi connectivity index (χ0v) is 9.14. The van der Waals surface area contributed by atoms with Crippen molar-refractivity contribution in [3.05, 3.63) is 36.0 Å². The molecule has 0 fully saturated rings. The minimum Gasteiger partial charge on any atom is -0.494 e. The molecule has 2 N–H and O–H groups in total. The summed E-state index contributed by atoms with van der Waals surface area (Å²) in [5.41, 5.74) is 7.18. The van der Waals surface area contributed by atoms with Crippen molar-refractivity contribution >= 4 is 0 Å². The van der Waals surface area contributed by atoms with E-state index in [2.05, 4.69) is 5.16 Å². The first-order valence-electron chi connectivity index (χ1n) is 5.22. The molecule has 16 heavy (non-hydrogen) atoms. The molecule has 2 aromatic rings. The highest BCUT2D eigenvalue weighted by molar-refractivity contribution is 5.58. The largest absolute Gasteiger partial charge is 0.494 e. The molecule has 4 nitrogen and oxygen atoms in total. The van der Waals surface area contributed by atoms with Gasteiger partial charge in [0.2, 0.25) is 0 Å². The van der Waals surface area contributed by atoms with Gasteiger partial charge in [-0.05, 0) is 31.2 Å². The van der Waals surface area contributed by atoms with E-state index >= 15 is 0 Å². The van der Waals surface area contributed by atoms with Crippen LogP contribution in [-0.2, 0) is 6.54 Å². The summed E-state index contributed by atoms with van der Waals surface area (Å²) in [6, 6.07) is 9.53. The van der Waals surface area contributed by atoms with Crippen molar-refractivity contribution in [2.45, 2.75) is 13.5 Å². The predicted octanol–water partition coefficient (Wildman–Crippen LogP) is 2.20. The van der Waals surface area contributed by atoms with Crippen LogP contribution in [0.1, 0.15) is 12.6 Å². The summed E-state index contributed by atoms with van der Waals surface area (Å²) in [6.07, 6.45) is 0. The first-order valence-corrected chi connectivity index (χ1v) is 5.22. The highest BCUT2D eigenvalue weighted by Crippen LogP contribution is 2.22. The van der Waals surface area contributed by atoms with E-state index in [9.17, 15) is 0 Å². The molecule has 0 bridgehead atoms. The molecule has 0 aliphatic heterocycles. The van der Waals surface area contributed by atoms with Crippen LogP contribution in [0, 0.1) is 0 Å². The van der Waals surface area contributed by atoms with Crippen LogP contribution < -0.4 is 10.5 Å². The Bertz CT molecular complexity index is 448. The van der Waals surface area contributed by atoms with Crippen LogP contribution in [0.4, 0.5) is 0 Å². The van der Waals surface area contributed by atoms with Crippen LogP contribution in [0.15, 0.2) is 34.9 Å². The summed E-state index contributed by atoms with van der Waals surface area (Å²) in [5.74, 6) is 1.58. The van der Waals surface area contributed by atoms with Crippen molar-refractivity contribution in [3.63, 3.8) is 0 Å². The molecule has 0 saturated carbocycles. The van der Waals surface area contributed by atoms with Gasteiger partial charge in [-0.2, -0.15) is 0 Å². The lowest BCUT2D eigenvalue weighted by atomic mass is 10.1. The van der Waals surface area contributed by atoms with Crippen LogP contribution in [0.5, 0.6) is 5.75 Å². The van der Waals surface area contributed by atoms with Gasteiger partial charge in [0.25, 0.3) is 0 Å². The van der Waals surface area contributed by atoms with Crippen molar-refractivity contribution in [1.29, 1.82) is 0 Å². The summed E-state index contributed by atoms with van der Waals surface area (Å²) < 4.78 is 10.5. The second kappa shape index (κ2) is 4.81. The number of hydrogen-bond acceptors (Lipinski definition) is 4. The number of nitrogens with two attached hydrogens (primary N) is 1. The second-order valence-electron chi connectivity index (χ2n) is 3.34. The molecule has 0 saturated heterocycles. The molecule has 1 heterocycles. The fourth-order valence-corrected chi connectivity index (χ4v) is 1.43. The van der Waals surface area contributed by atoms with E-state index in [1.165, 1.54) is 0 Å². The molecule has 2 rings (SSSR count). The van der Waals surface area contributed by atoms with Crippen molar-refractivity contribution in [1.82, 2.24) is 5.16 Å². The number of aromatic nitrogens is 1. The summed E-state index contributed by atoms with van der Waals surface area (Å²) >= 11 is 0.